The second-order valence-electron chi connectivity index (χ2n) is 11.7. The number of hydrogen-bond donors (Lipinski definition) is 3. The van der Waals surface area contributed by atoms with Crippen LogP contribution in [0.2, 0.25) is 0 Å². The Hall–Kier alpha value is -3.75. The van der Waals surface area contributed by atoms with Gasteiger partial charge in [-0.1, -0.05) is 48.5 Å². The third kappa shape index (κ3) is 6.66. The van der Waals surface area contributed by atoms with Crippen LogP contribution in [0.3, 0.4) is 0 Å². The number of nitrogens with zero attached hydrogens (tertiary/aromatic N) is 2. The van der Waals surface area contributed by atoms with Crippen LogP contribution in [0.1, 0.15) is 63.1 Å². The molecule has 2 fully saturated rings. The van der Waals surface area contributed by atoms with Gasteiger partial charge in [-0.3, -0.25) is 14.9 Å². The van der Waals surface area contributed by atoms with Gasteiger partial charge < -0.3 is 10.6 Å². The number of amides is 2. The van der Waals surface area contributed by atoms with Gasteiger partial charge in [0.25, 0.3) is 6.43 Å². The van der Waals surface area contributed by atoms with Gasteiger partial charge in [-0.25, -0.2) is 18.2 Å². The maximum Gasteiger partial charge on any atom is 0.257 e. The van der Waals surface area contributed by atoms with Crippen LogP contribution in [0, 0.1) is 11.3 Å². The van der Waals surface area contributed by atoms with E-state index in [1.54, 1.807) is 35.8 Å². The zero-order valence-electron chi connectivity index (χ0n) is 23.3. The third-order valence-corrected chi connectivity index (χ3v) is 8.53. The van der Waals surface area contributed by atoms with Crippen LogP contribution in [0.5, 0.6) is 0 Å². The molecule has 2 atom stereocenters. The lowest BCUT2D eigenvalue weighted by Gasteiger charge is -2.29. The number of thiazole rings is 1. The zero-order chi connectivity index (χ0) is 30.1. The quantitative estimate of drug-likeness (QED) is 0.236. The molecule has 11 heteroatoms. The number of halogens is 3. The highest BCUT2D eigenvalue weighted by Crippen LogP contribution is 2.49. The van der Waals surface area contributed by atoms with Crippen molar-refractivity contribution in [1.82, 2.24) is 15.6 Å². The van der Waals surface area contributed by atoms with E-state index < -0.39 is 41.0 Å². The maximum absolute atomic E-state index is 14.6. The fraction of sp³-hybridized carbons (Fsp3) is 0.419. The number of nitrogens with one attached hydrogen (secondary N) is 3. The van der Waals surface area contributed by atoms with Gasteiger partial charge in [0, 0.05) is 18.0 Å². The monoisotopic (exact) mass is 595 g/mol. The number of carbonyl (C=O) groups excluding carboxylic acids is 2. The van der Waals surface area contributed by atoms with Crippen molar-refractivity contribution in [3.8, 4) is 17.2 Å². The molecule has 5 rings (SSSR count). The van der Waals surface area contributed by atoms with Gasteiger partial charge >= 0.3 is 0 Å². The fourth-order valence-electron chi connectivity index (χ4n) is 5.09. The molecule has 1 aromatic heterocycles. The SMILES string of the molecule is CC(C)(F)C[C@H](N[C@@H](c1ccc(-c2ccc(C3(C(=O)Nc4nccs4)CC3)cc2)cc1)C(F)F)C(=O)NC1(C#N)CC1. The summed E-state index contributed by atoms with van der Waals surface area (Å²) in [6, 6.07) is 13.4. The van der Waals surface area contributed by atoms with E-state index in [4.69, 9.17) is 0 Å². The number of carbonyl (C=O) groups is 2. The summed E-state index contributed by atoms with van der Waals surface area (Å²) in [7, 11) is 0. The summed E-state index contributed by atoms with van der Waals surface area (Å²) in [6.45, 7) is 2.56. The average Bonchev–Trinajstić information content (AvgIpc) is 3.88. The fourth-order valence-corrected chi connectivity index (χ4v) is 5.62. The van der Waals surface area contributed by atoms with Crippen molar-refractivity contribution in [2.24, 2.45) is 0 Å². The molecule has 42 heavy (non-hydrogen) atoms. The average molecular weight is 596 g/mol. The van der Waals surface area contributed by atoms with Crippen molar-refractivity contribution in [3.63, 3.8) is 0 Å². The second kappa shape index (κ2) is 11.5. The van der Waals surface area contributed by atoms with Gasteiger partial charge in [0.05, 0.1) is 23.6 Å². The van der Waals surface area contributed by atoms with E-state index in [1.807, 2.05) is 30.3 Å². The Kier molecular flexibility index (Phi) is 8.14. The zero-order valence-corrected chi connectivity index (χ0v) is 24.1. The molecule has 2 aliphatic rings. The van der Waals surface area contributed by atoms with Crippen LogP contribution >= 0.6 is 11.3 Å². The number of nitriles is 1. The van der Waals surface area contributed by atoms with Gasteiger partial charge in [-0.2, -0.15) is 5.26 Å². The lowest BCUT2D eigenvalue weighted by molar-refractivity contribution is -0.125. The van der Waals surface area contributed by atoms with Gasteiger partial charge in [-0.15, -0.1) is 11.3 Å². The molecule has 7 nitrogen and oxygen atoms in total. The van der Waals surface area contributed by atoms with Gasteiger partial charge in [0.2, 0.25) is 11.8 Å². The largest absolute Gasteiger partial charge is 0.336 e. The van der Waals surface area contributed by atoms with E-state index >= 15 is 0 Å². The molecule has 2 aromatic carbocycles. The van der Waals surface area contributed by atoms with Crippen LogP contribution in [0.4, 0.5) is 18.3 Å². The van der Waals surface area contributed by atoms with Crippen molar-refractivity contribution in [2.45, 2.75) is 81.1 Å². The normalized spacial score (nSPS) is 18.0. The van der Waals surface area contributed by atoms with E-state index in [9.17, 15) is 28.0 Å². The first-order chi connectivity index (χ1) is 19.9. The van der Waals surface area contributed by atoms with Gasteiger partial charge in [0.15, 0.2) is 5.13 Å². The number of anilines is 1. The van der Waals surface area contributed by atoms with Gasteiger partial charge in [0.1, 0.15) is 11.2 Å². The minimum atomic E-state index is -2.87. The number of alkyl halides is 3. The summed E-state index contributed by atoms with van der Waals surface area (Å²) in [4.78, 5) is 30.0. The molecule has 0 unspecified atom stereocenters. The van der Waals surface area contributed by atoms with E-state index in [-0.39, 0.29) is 17.9 Å². The van der Waals surface area contributed by atoms with E-state index in [0.29, 0.717) is 18.0 Å². The number of aromatic nitrogens is 1. The molecule has 0 bridgehead atoms. The molecule has 2 aliphatic carbocycles. The lowest BCUT2D eigenvalue weighted by atomic mass is 9.92. The number of rotatable bonds is 12. The van der Waals surface area contributed by atoms with Crippen LogP contribution in [-0.2, 0) is 15.0 Å². The summed E-state index contributed by atoms with van der Waals surface area (Å²) in [5.74, 6) is -0.751. The molecule has 0 radical (unpaired) electrons. The van der Waals surface area contributed by atoms with Crippen LogP contribution in [0.15, 0.2) is 60.1 Å². The molecule has 2 amide bonds. The molecule has 1 heterocycles. The Morgan fingerprint density at radius 3 is 2.14 bits per heavy atom. The Morgan fingerprint density at radius 2 is 1.67 bits per heavy atom. The predicted octanol–water partition coefficient (Wildman–Crippen LogP) is 6.06. The molecule has 0 aliphatic heterocycles. The predicted molar refractivity (Wildman–Crippen MR) is 155 cm³/mol. The van der Waals surface area contributed by atoms with E-state index in [1.165, 1.54) is 25.2 Å². The molecule has 0 saturated heterocycles. The minimum Gasteiger partial charge on any atom is -0.336 e. The smallest absolute Gasteiger partial charge is 0.257 e. The summed E-state index contributed by atoms with van der Waals surface area (Å²) in [5, 5.41) is 19.8. The Morgan fingerprint density at radius 1 is 1.05 bits per heavy atom. The summed E-state index contributed by atoms with van der Waals surface area (Å²) < 4.78 is 43.1. The maximum atomic E-state index is 14.6. The molecule has 3 N–H and O–H groups in total. The Labute approximate surface area is 246 Å². The Bertz CT molecular complexity index is 1460. The van der Waals surface area contributed by atoms with Gasteiger partial charge in [-0.05, 0) is 61.8 Å². The summed E-state index contributed by atoms with van der Waals surface area (Å²) >= 11 is 1.36. The third-order valence-electron chi connectivity index (χ3n) is 7.84. The van der Waals surface area contributed by atoms with Crippen molar-refractivity contribution in [3.05, 3.63) is 71.2 Å². The lowest BCUT2D eigenvalue weighted by Crippen LogP contribution is -2.52. The van der Waals surface area contributed by atoms with E-state index in [2.05, 4.69) is 20.9 Å². The second-order valence-corrected chi connectivity index (χ2v) is 12.6. The minimum absolute atomic E-state index is 0.0804. The molecule has 220 valence electrons. The standard InChI is InChI=1S/C31H32F3N5O2S/c1-29(2,34)17-23(26(40)39-30(18-35)11-12-30)37-24(25(32)33)21-5-3-19(4-6-21)20-7-9-22(10-8-20)31(13-14-31)27(41)38-28-36-15-16-42-28/h3-10,15-16,23-25,37H,11-14,17H2,1-2H3,(H,39,40)(H,36,38,41)/t23-,24-/m0/s1. The van der Waals surface area contributed by atoms with Crippen molar-refractivity contribution < 1.29 is 22.8 Å². The molecular weight excluding hydrogens is 563 g/mol. The van der Waals surface area contributed by atoms with E-state index in [0.717, 1.165) is 29.5 Å². The summed E-state index contributed by atoms with van der Waals surface area (Å²) in [5.41, 5.74) is -0.584. The van der Waals surface area contributed by atoms with Crippen LogP contribution < -0.4 is 16.0 Å². The molecule has 2 saturated carbocycles. The molecular formula is C31H32F3N5O2S. The highest BCUT2D eigenvalue weighted by atomic mass is 32.1. The Balaban J connectivity index is 1.29. The van der Waals surface area contributed by atoms with Crippen LogP contribution in [0.25, 0.3) is 11.1 Å². The highest BCUT2D eigenvalue weighted by molar-refractivity contribution is 7.13. The molecule has 3 aromatic rings. The molecule has 0 spiro atoms. The highest BCUT2D eigenvalue weighted by Gasteiger charge is 2.51. The number of benzene rings is 2. The topological polar surface area (TPSA) is 107 Å². The first kappa shape index (κ1) is 29.7. The first-order valence-corrected chi connectivity index (χ1v) is 14.7. The first-order valence-electron chi connectivity index (χ1n) is 13.8. The summed E-state index contributed by atoms with van der Waals surface area (Å²) in [6.07, 6.45) is 0.873. The van der Waals surface area contributed by atoms with Crippen LogP contribution in [-0.4, -0.2) is 40.5 Å². The van der Waals surface area contributed by atoms with Crippen molar-refractivity contribution in [2.75, 3.05) is 5.32 Å². The van der Waals surface area contributed by atoms with Crippen molar-refractivity contribution in [1.29, 1.82) is 5.26 Å². The van der Waals surface area contributed by atoms with Crippen molar-refractivity contribution >= 4 is 28.3 Å². The number of hydrogen-bond acceptors (Lipinski definition) is 6.